The summed E-state index contributed by atoms with van der Waals surface area (Å²) in [4.78, 5) is 32.9. The number of nitrogens with zero attached hydrogens (tertiary/aromatic N) is 3. The van der Waals surface area contributed by atoms with Gasteiger partial charge in [-0.3, -0.25) is 14.6 Å². The van der Waals surface area contributed by atoms with E-state index in [1.165, 1.54) is 36.3 Å². The number of likely N-dealkylation sites (tertiary alicyclic amines) is 1. The molecule has 3 aliphatic rings. The van der Waals surface area contributed by atoms with Crippen molar-refractivity contribution >= 4 is 21.8 Å². The van der Waals surface area contributed by atoms with Crippen molar-refractivity contribution in [1.82, 2.24) is 14.7 Å². The van der Waals surface area contributed by atoms with Gasteiger partial charge in [-0.05, 0) is 64.3 Å². The summed E-state index contributed by atoms with van der Waals surface area (Å²) < 4.78 is 35.2. The van der Waals surface area contributed by atoms with Crippen molar-refractivity contribution in [2.45, 2.75) is 81.6 Å². The summed E-state index contributed by atoms with van der Waals surface area (Å²) in [5.41, 5.74) is -0.684. The lowest BCUT2D eigenvalue weighted by atomic mass is 9.91. The fourth-order valence-electron chi connectivity index (χ4n) is 5.08. The van der Waals surface area contributed by atoms with E-state index in [9.17, 15) is 18.0 Å². The smallest absolute Gasteiger partial charge is 0.411 e. The van der Waals surface area contributed by atoms with Crippen molar-refractivity contribution < 1.29 is 27.5 Å². The van der Waals surface area contributed by atoms with E-state index in [1.54, 1.807) is 32.9 Å². The van der Waals surface area contributed by atoms with Crippen LogP contribution in [0.3, 0.4) is 0 Å². The maximum absolute atomic E-state index is 13.7. The Hall–Kier alpha value is -2.33. The highest BCUT2D eigenvalue weighted by atomic mass is 32.2. The molecule has 0 unspecified atom stereocenters. The molecule has 0 spiro atoms. The molecule has 0 radical (unpaired) electrons. The quantitative estimate of drug-likeness (QED) is 0.588. The van der Waals surface area contributed by atoms with Crippen LogP contribution in [0.1, 0.15) is 52.9 Å². The Morgan fingerprint density at radius 2 is 1.67 bits per heavy atom. The first-order valence-corrected chi connectivity index (χ1v) is 14.8. The molecule has 9 nitrogen and oxygen atoms in total. The van der Waals surface area contributed by atoms with Crippen molar-refractivity contribution in [2.75, 3.05) is 39.0 Å². The van der Waals surface area contributed by atoms with E-state index in [2.05, 4.69) is 4.90 Å². The molecule has 3 fully saturated rings. The Labute approximate surface area is 214 Å². The van der Waals surface area contributed by atoms with Gasteiger partial charge in [-0.25, -0.2) is 13.2 Å². The number of benzene rings is 1. The molecule has 1 saturated carbocycles. The monoisotopic (exact) mass is 521 g/mol. The largest absolute Gasteiger partial charge is 0.488 e. The number of hydrogen-bond donors (Lipinski definition) is 0. The van der Waals surface area contributed by atoms with Crippen LogP contribution in [0.4, 0.5) is 4.79 Å². The summed E-state index contributed by atoms with van der Waals surface area (Å²) >= 11 is 0. The van der Waals surface area contributed by atoms with Gasteiger partial charge < -0.3 is 14.4 Å². The molecular formula is C26H39N3O6S. The van der Waals surface area contributed by atoms with Gasteiger partial charge in [-0.1, -0.05) is 6.42 Å². The van der Waals surface area contributed by atoms with Crippen LogP contribution in [-0.2, 0) is 19.4 Å². The first-order valence-electron chi connectivity index (χ1n) is 12.9. The van der Waals surface area contributed by atoms with Crippen molar-refractivity contribution in [3.05, 3.63) is 24.3 Å². The van der Waals surface area contributed by atoms with Gasteiger partial charge in [0, 0.05) is 44.9 Å². The Balaban J connectivity index is 1.46. The third kappa shape index (κ3) is 6.51. The molecule has 2 heterocycles. The van der Waals surface area contributed by atoms with Gasteiger partial charge in [-0.2, -0.15) is 0 Å². The Morgan fingerprint density at radius 3 is 2.25 bits per heavy atom. The Bertz CT molecular complexity index is 1050. The zero-order valence-electron chi connectivity index (χ0n) is 21.8. The molecule has 4 rings (SSSR count). The topological polar surface area (TPSA) is 96.5 Å². The molecule has 200 valence electrons. The average Bonchev–Trinajstić information content (AvgIpc) is 3.02. The van der Waals surface area contributed by atoms with E-state index < -0.39 is 33.7 Å². The van der Waals surface area contributed by atoms with E-state index in [0.717, 1.165) is 25.8 Å². The van der Waals surface area contributed by atoms with Crippen LogP contribution in [0.2, 0.25) is 0 Å². The minimum Gasteiger partial charge on any atom is -0.488 e. The molecule has 0 N–H and O–H groups in total. The summed E-state index contributed by atoms with van der Waals surface area (Å²) in [6.07, 6.45) is 5.28. The number of ether oxygens (including phenoxy) is 2. The zero-order valence-corrected chi connectivity index (χ0v) is 22.6. The summed E-state index contributed by atoms with van der Waals surface area (Å²) in [7, 11) is -3.31. The minimum atomic E-state index is -3.31. The highest BCUT2D eigenvalue weighted by molar-refractivity contribution is 7.90. The average molecular weight is 522 g/mol. The van der Waals surface area contributed by atoms with Crippen LogP contribution in [0.5, 0.6) is 5.75 Å². The van der Waals surface area contributed by atoms with E-state index in [4.69, 9.17) is 9.47 Å². The Kier molecular flexibility index (Phi) is 7.85. The maximum Gasteiger partial charge on any atom is 0.411 e. The summed E-state index contributed by atoms with van der Waals surface area (Å²) in [5, 5.41) is 0. The second-order valence-corrected chi connectivity index (χ2v) is 13.2. The molecule has 1 aliphatic carbocycles. The van der Waals surface area contributed by atoms with Crippen molar-refractivity contribution in [2.24, 2.45) is 0 Å². The molecule has 0 bridgehead atoms. The number of hydrogen-bond acceptors (Lipinski definition) is 7. The third-order valence-corrected chi connectivity index (χ3v) is 8.29. The van der Waals surface area contributed by atoms with Gasteiger partial charge in [-0.15, -0.1) is 0 Å². The van der Waals surface area contributed by atoms with Crippen LogP contribution in [0.15, 0.2) is 29.2 Å². The van der Waals surface area contributed by atoms with Crippen LogP contribution in [-0.4, -0.2) is 97.9 Å². The van der Waals surface area contributed by atoms with Crippen molar-refractivity contribution in [3.63, 3.8) is 0 Å². The minimum absolute atomic E-state index is 0.0603. The van der Waals surface area contributed by atoms with Crippen LogP contribution in [0, 0.1) is 0 Å². The SMILES string of the molecule is CC(C)(C)OC(=O)N1C[C@@H](Oc2ccc(S(C)(=O)=O)cc2)C[C@@H]1C(=O)N1CCCN(C2CCC2)CC1. The molecule has 10 heteroatoms. The Morgan fingerprint density at radius 1 is 0.972 bits per heavy atom. The number of rotatable bonds is 5. The predicted molar refractivity (Wildman–Crippen MR) is 136 cm³/mol. The van der Waals surface area contributed by atoms with Gasteiger partial charge in [0.05, 0.1) is 11.4 Å². The number of carbonyl (C=O) groups is 2. The van der Waals surface area contributed by atoms with Gasteiger partial charge in [0.15, 0.2) is 9.84 Å². The van der Waals surface area contributed by atoms with Gasteiger partial charge in [0.1, 0.15) is 23.5 Å². The fraction of sp³-hybridized carbons (Fsp3) is 0.692. The molecule has 2 atom stereocenters. The van der Waals surface area contributed by atoms with Gasteiger partial charge >= 0.3 is 6.09 Å². The second-order valence-electron chi connectivity index (χ2n) is 11.2. The number of sulfone groups is 1. The van der Waals surface area contributed by atoms with E-state index in [0.29, 0.717) is 31.3 Å². The van der Waals surface area contributed by atoms with Crippen LogP contribution >= 0.6 is 0 Å². The van der Waals surface area contributed by atoms with Gasteiger partial charge in [0.25, 0.3) is 0 Å². The number of carbonyl (C=O) groups excluding carboxylic acids is 2. The highest BCUT2D eigenvalue weighted by Crippen LogP contribution is 2.29. The molecule has 1 aromatic carbocycles. The lowest BCUT2D eigenvalue weighted by Crippen LogP contribution is -2.50. The highest BCUT2D eigenvalue weighted by Gasteiger charge is 2.44. The molecule has 1 aromatic rings. The molecule has 2 saturated heterocycles. The first kappa shape index (κ1) is 26.7. The predicted octanol–water partition coefficient (Wildman–Crippen LogP) is 2.93. The van der Waals surface area contributed by atoms with E-state index >= 15 is 0 Å². The van der Waals surface area contributed by atoms with E-state index in [1.807, 2.05) is 4.90 Å². The molecule has 2 aliphatic heterocycles. The first-order chi connectivity index (χ1) is 16.9. The second kappa shape index (κ2) is 10.6. The standard InChI is InChI=1S/C26H39N3O6S/c1-26(2,3)35-25(31)29-18-21(34-20-9-11-22(12-10-20)36(4,32)33)17-23(29)24(30)28-14-6-13-27(15-16-28)19-7-5-8-19/h9-12,19,21,23H,5-8,13-18H2,1-4H3/t21-,23+/m0/s1. The van der Waals surface area contributed by atoms with Crippen LogP contribution in [0.25, 0.3) is 0 Å². The molecule has 36 heavy (non-hydrogen) atoms. The summed E-state index contributed by atoms with van der Waals surface area (Å²) in [6.45, 7) is 8.84. The van der Waals surface area contributed by atoms with Crippen molar-refractivity contribution in [1.29, 1.82) is 0 Å². The molecule has 0 aromatic heterocycles. The third-order valence-electron chi connectivity index (χ3n) is 7.16. The van der Waals surface area contributed by atoms with Crippen molar-refractivity contribution in [3.8, 4) is 5.75 Å². The normalized spacial score (nSPS) is 24.2. The van der Waals surface area contributed by atoms with Gasteiger partial charge in [0.2, 0.25) is 5.91 Å². The van der Waals surface area contributed by atoms with E-state index in [-0.39, 0.29) is 17.3 Å². The zero-order chi connectivity index (χ0) is 26.1. The van der Waals surface area contributed by atoms with Crippen LogP contribution < -0.4 is 4.74 Å². The molecular weight excluding hydrogens is 482 g/mol. The molecule has 2 amide bonds. The number of amides is 2. The summed E-state index contributed by atoms with van der Waals surface area (Å²) in [6, 6.07) is 6.20. The lowest BCUT2D eigenvalue weighted by Gasteiger charge is -2.37. The fourth-order valence-corrected chi connectivity index (χ4v) is 5.71. The maximum atomic E-state index is 13.7. The lowest BCUT2D eigenvalue weighted by molar-refractivity contribution is -0.135. The summed E-state index contributed by atoms with van der Waals surface area (Å²) in [5.74, 6) is 0.436.